The lowest BCUT2D eigenvalue weighted by Crippen LogP contribution is -2.17. The maximum atomic E-state index is 13.6. The van der Waals surface area contributed by atoms with Crippen molar-refractivity contribution in [3.63, 3.8) is 0 Å². The first-order valence-electron chi connectivity index (χ1n) is 4.83. The lowest BCUT2D eigenvalue weighted by atomic mass is 10.0. The molecule has 90 valence electrons. The molecule has 4 nitrogen and oxygen atoms in total. The Bertz CT molecular complexity index is 579. The van der Waals surface area contributed by atoms with Crippen LogP contribution in [0.1, 0.15) is 18.0 Å². The zero-order chi connectivity index (χ0) is 12.6. The Hall–Kier alpha value is -1.95. The van der Waals surface area contributed by atoms with Gasteiger partial charge >= 0.3 is 5.97 Å². The van der Waals surface area contributed by atoms with Gasteiger partial charge in [-0.1, -0.05) is 0 Å². The summed E-state index contributed by atoms with van der Waals surface area (Å²) in [6.45, 7) is 0. The SMILES string of the molecule is NC(CC(=O)O)c1c(F)cc(F)c2ccoc12. The molecule has 2 rings (SSSR count). The third-order valence-electron chi connectivity index (χ3n) is 2.44. The van der Waals surface area contributed by atoms with Crippen molar-refractivity contribution in [1.82, 2.24) is 0 Å². The molecule has 6 heteroatoms. The maximum absolute atomic E-state index is 13.6. The highest BCUT2D eigenvalue weighted by Crippen LogP contribution is 2.30. The fourth-order valence-corrected chi connectivity index (χ4v) is 1.72. The molecule has 1 aromatic heterocycles. The number of halogens is 2. The smallest absolute Gasteiger partial charge is 0.305 e. The molecule has 3 N–H and O–H groups in total. The summed E-state index contributed by atoms with van der Waals surface area (Å²) in [5, 5.41) is 8.69. The van der Waals surface area contributed by atoms with Crippen LogP contribution in [-0.2, 0) is 4.79 Å². The van der Waals surface area contributed by atoms with Crippen LogP contribution in [0.3, 0.4) is 0 Å². The van der Waals surface area contributed by atoms with E-state index in [4.69, 9.17) is 15.3 Å². The van der Waals surface area contributed by atoms with Gasteiger partial charge in [-0.25, -0.2) is 8.78 Å². The summed E-state index contributed by atoms with van der Waals surface area (Å²) in [5.41, 5.74) is 5.41. The molecule has 0 aliphatic rings. The zero-order valence-electron chi connectivity index (χ0n) is 8.61. The van der Waals surface area contributed by atoms with Crippen molar-refractivity contribution in [3.05, 3.63) is 35.6 Å². The van der Waals surface area contributed by atoms with Gasteiger partial charge in [-0.15, -0.1) is 0 Å². The van der Waals surface area contributed by atoms with Crippen LogP contribution in [0, 0.1) is 11.6 Å². The van der Waals surface area contributed by atoms with E-state index < -0.39 is 30.1 Å². The van der Waals surface area contributed by atoms with Crippen LogP contribution in [0.2, 0.25) is 0 Å². The van der Waals surface area contributed by atoms with Gasteiger partial charge < -0.3 is 15.3 Å². The van der Waals surface area contributed by atoms with Crippen LogP contribution in [0.4, 0.5) is 8.78 Å². The molecule has 0 amide bonds. The number of benzene rings is 1. The Labute approximate surface area is 94.6 Å². The van der Waals surface area contributed by atoms with Gasteiger partial charge in [-0.05, 0) is 6.07 Å². The fraction of sp³-hybridized carbons (Fsp3) is 0.182. The summed E-state index contributed by atoms with van der Waals surface area (Å²) in [7, 11) is 0. The van der Waals surface area contributed by atoms with Crippen molar-refractivity contribution in [1.29, 1.82) is 0 Å². The van der Waals surface area contributed by atoms with Gasteiger partial charge in [0.1, 0.15) is 17.2 Å². The van der Waals surface area contributed by atoms with E-state index >= 15 is 0 Å². The van der Waals surface area contributed by atoms with Crippen LogP contribution in [0.15, 0.2) is 22.8 Å². The molecule has 0 fully saturated rings. The number of carboxylic acids is 1. The third-order valence-corrected chi connectivity index (χ3v) is 2.44. The first-order valence-corrected chi connectivity index (χ1v) is 4.83. The second kappa shape index (κ2) is 4.14. The molecule has 0 bridgehead atoms. The van der Waals surface area contributed by atoms with Crippen LogP contribution in [-0.4, -0.2) is 11.1 Å². The normalized spacial score (nSPS) is 12.9. The molecule has 1 unspecified atom stereocenters. The first-order chi connectivity index (χ1) is 8.00. The van der Waals surface area contributed by atoms with Gasteiger partial charge in [-0.3, -0.25) is 4.79 Å². The molecule has 1 aromatic carbocycles. The minimum Gasteiger partial charge on any atom is -0.481 e. The van der Waals surface area contributed by atoms with Gasteiger partial charge in [0.05, 0.1) is 18.1 Å². The largest absolute Gasteiger partial charge is 0.481 e. The Morgan fingerprint density at radius 3 is 2.82 bits per heavy atom. The van der Waals surface area contributed by atoms with Crippen molar-refractivity contribution in [2.75, 3.05) is 0 Å². The highest BCUT2D eigenvalue weighted by atomic mass is 19.1. The van der Waals surface area contributed by atoms with Gasteiger partial charge in [0.15, 0.2) is 0 Å². The van der Waals surface area contributed by atoms with Gasteiger partial charge in [0.2, 0.25) is 0 Å². The van der Waals surface area contributed by atoms with Gasteiger partial charge in [0.25, 0.3) is 0 Å². The summed E-state index contributed by atoms with van der Waals surface area (Å²) in [5.74, 6) is -2.84. The predicted molar refractivity (Wildman–Crippen MR) is 55.3 cm³/mol. The Kier molecular flexibility index (Phi) is 2.81. The van der Waals surface area contributed by atoms with E-state index in [1.165, 1.54) is 12.3 Å². The van der Waals surface area contributed by atoms with E-state index in [9.17, 15) is 13.6 Å². The number of carboxylic acid groups (broad SMARTS) is 1. The molecule has 17 heavy (non-hydrogen) atoms. The van der Waals surface area contributed by atoms with Crippen LogP contribution >= 0.6 is 0 Å². The van der Waals surface area contributed by atoms with Crippen molar-refractivity contribution >= 4 is 16.9 Å². The molecule has 0 saturated heterocycles. The fourth-order valence-electron chi connectivity index (χ4n) is 1.72. The number of fused-ring (bicyclic) bond motifs is 1. The molecule has 0 aliphatic carbocycles. The third kappa shape index (κ3) is 1.99. The second-order valence-electron chi connectivity index (χ2n) is 3.62. The summed E-state index contributed by atoms with van der Waals surface area (Å²) >= 11 is 0. The molecule has 0 saturated carbocycles. The minimum atomic E-state index is -1.17. The summed E-state index contributed by atoms with van der Waals surface area (Å²) in [6.07, 6.45) is 0.739. The number of hydrogen-bond acceptors (Lipinski definition) is 3. The number of hydrogen-bond donors (Lipinski definition) is 2. The van der Waals surface area contributed by atoms with Crippen molar-refractivity contribution in [3.8, 4) is 0 Å². The predicted octanol–water partition coefficient (Wildman–Crippen LogP) is 2.19. The van der Waals surface area contributed by atoms with Crippen molar-refractivity contribution in [2.45, 2.75) is 12.5 Å². The number of nitrogens with two attached hydrogens (primary N) is 1. The number of aliphatic carboxylic acids is 1. The number of carbonyl (C=O) groups is 1. The molecular weight excluding hydrogens is 232 g/mol. The van der Waals surface area contributed by atoms with Crippen LogP contribution in [0.25, 0.3) is 11.0 Å². The minimum absolute atomic E-state index is 0.0451. The van der Waals surface area contributed by atoms with Crippen LogP contribution < -0.4 is 5.73 Å². The molecule has 2 aromatic rings. The first kappa shape index (κ1) is 11.5. The molecule has 0 aliphatic heterocycles. The summed E-state index contributed by atoms with van der Waals surface area (Å²) in [4.78, 5) is 10.5. The van der Waals surface area contributed by atoms with Crippen molar-refractivity contribution in [2.24, 2.45) is 5.73 Å². The molecule has 1 atom stereocenters. The average molecular weight is 241 g/mol. The maximum Gasteiger partial charge on any atom is 0.305 e. The Morgan fingerprint density at radius 2 is 2.18 bits per heavy atom. The summed E-state index contributed by atoms with van der Waals surface area (Å²) < 4.78 is 31.9. The summed E-state index contributed by atoms with van der Waals surface area (Å²) in [6, 6.07) is 0.928. The zero-order valence-corrected chi connectivity index (χ0v) is 8.61. The monoisotopic (exact) mass is 241 g/mol. The lowest BCUT2D eigenvalue weighted by Gasteiger charge is -2.11. The van der Waals surface area contributed by atoms with E-state index in [0.29, 0.717) is 6.07 Å². The lowest BCUT2D eigenvalue weighted by molar-refractivity contribution is -0.137. The van der Waals surface area contributed by atoms with Crippen molar-refractivity contribution < 1.29 is 23.1 Å². The van der Waals surface area contributed by atoms with E-state index in [0.717, 1.165) is 0 Å². The molecule has 1 heterocycles. The van der Waals surface area contributed by atoms with Crippen LogP contribution in [0.5, 0.6) is 0 Å². The van der Waals surface area contributed by atoms with E-state index in [1.807, 2.05) is 0 Å². The molecule has 0 spiro atoms. The quantitative estimate of drug-likeness (QED) is 0.863. The molecular formula is C11H9F2NO3. The highest BCUT2D eigenvalue weighted by molar-refractivity contribution is 5.82. The van der Waals surface area contributed by atoms with Gasteiger partial charge in [-0.2, -0.15) is 0 Å². The topological polar surface area (TPSA) is 76.5 Å². The Balaban J connectivity index is 2.59. The van der Waals surface area contributed by atoms with E-state index in [-0.39, 0.29) is 16.5 Å². The van der Waals surface area contributed by atoms with E-state index in [2.05, 4.69) is 0 Å². The Morgan fingerprint density at radius 1 is 1.47 bits per heavy atom. The highest BCUT2D eigenvalue weighted by Gasteiger charge is 2.22. The molecule has 0 radical (unpaired) electrons. The number of furan rings is 1. The van der Waals surface area contributed by atoms with E-state index in [1.54, 1.807) is 0 Å². The number of rotatable bonds is 3. The standard InChI is InChI=1S/C11H9F2NO3/c12-6-3-7(13)10(8(14)4-9(15)16)11-5(6)1-2-17-11/h1-3,8H,4,14H2,(H,15,16). The second-order valence-corrected chi connectivity index (χ2v) is 3.62. The van der Waals surface area contributed by atoms with Gasteiger partial charge in [0, 0.05) is 17.7 Å². The average Bonchev–Trinajstić information content (AvgIpc) is 2.64.